The number of methoxy groups -OCH3 is 1. The summed E-state index contributed by atoms with van der Waals surface area (Å²) in [6, 6.07) is 8.34. The maximum atomic E-state index is 5.52. The van der Waals surface area contributed by atoms with Crippen LogP contribution in [0, 0.1) is 6.07 Å². The van der Waals surface area contributed by atoms with E-state index in [0.717, 1.165) is 12.2 Å². The minimum absolute atomic E-state index is 0.621. The van der Waals surface area contributed by atoms with Crippen molar-refractivity contribution in [3.63, 3.8) is 0 Å². The fourth-order valence-corrected chi connectivity index (χ4v) is 0.986. The number of ether oxygens (including phenoxy) is 2. The summed E-state index contributed by atoms with van der Waals surface area (Å²) in [7, 11) is 1.61. The molecule has 2 nitrogen and oxygen atoms in total. The highest BCUT2D eigenvalue weighted by Gasteiger charge is 1.95. The number of halogens is 1. The molecular weight excluding hydrogens is 188 g/mol. The number of benzene rings is 1. The van der Waals surface area contributed by atoms with Gasteiger partial charge in [-0.2, -0.15) is 0 Å². The van der Waals surface area contributed by atoms with Crippen LogP contribution in [0.2, 0.25) is 0 Å². The minimum atomic E-state index is 0.621. The molecule has 0 amide bonds. The van der Waals surface area contributed by atoms with Gasteiger partial charge in [0.15, 0.2) is 0 Å². The van der Waals surface area contributed by atoms with Gasteiger partial charge in [-0.1, -0.05) is 0 Å². The van der Waals surface area contributed by atoms with Crippen molar-refractivity contribution in [2.45, 2.75) is 6.42 Å². The molecule has 0 bridgehead atoms. The SMILES string of the molecule is COc1[c]ccc(OCCCCl)c1. The summed E-state index contributed by atoms with van der Waals surface area (Å²) >= 11 is 5.52. The third-order valence-corrected chi connectivity index (χ3v) is 1.78. The maximum Gasteiger partial charge on any atom is 0.130 e. The molecule has 1 aromatic carbocycles. The Balaban J connectivity index is 2.46. The highest BCUT2D eigenvalue weighted by atomic mass is 35.5. The summed E-state index contributed by atoms with van der Waals surface area (Å²) in [6.45, 7) is 0.636. The average molecular weight is 200 g/mol. The maximum absolute atomic E-state index is 5.52. The van der Waals surface area contributed by atoms with E-state index in [9.17, 15) is 0 Å². The molecule has 0 saturated carbocycles. The van der Waals surface area contributed by atoms with Crippen LogP contribution in [0.5, 0.6) is 11.5 Å². The first kappa shape index (κ1) is 10.2. The van der Waals surface area contributed by atoms with Crippen molar-refractivity contribution in [2.75, 3.05) is 19.6 Å². The van der Waals surface area contributed by atoms with Crippen molar-refractivity contribution in [3.05, 3.63) is 24.3 Å². The number of rotatable bonds is 5. The molecule has 0 heterocycles. The lowest BCUT2D eigenvalue weighted by molar-refractivity contribution is 0.315. The topological polar surface area (TPSA) is 18.5 Å². The quantitative estimate of drug-likeness (QED) is 0.536. The van der Waals surface area contributed by atoms with Crippen LogP contribution in [0.4, 0.5) is 0 Å². The van der Waals surface area contributed by atoms with Gasteiger partial charge in [-0.3, -0.25) is 0 Å². The molecule has 71 valence electrons. The van der Waals surface area contributed by atoms with Crippen molar-refractivity contribution in [2.24, 2.45) is 0 Å². The molecule has 0 N–H and O–H groups in total. The second-order valence-corrected chi connectivity index (χ2v) is 2.86. The highest BCUT2D eigenvalue weighted by Crippen LogP contribution is 2.18. The molecule has 0 saturated heterocycles. The number of hydrogen-bond acceptors (Lipinski definition) is 2. The van der Waals surface area contributed by atoms with Gasteiger partial charge in [0, 0.05) is 18.0 Å². The predicted molar refractivity (Wildman–Crippen MR) is 52.7 cm³/mol. The molecule has 3 heteroatoms. The summed E-state index contributed by atoms with van der Waals surface area (Å²) in [4.78, 5) is 0. The molecule has 1 rings (SSSR count). The Hall–Kier alpha value is -0.890. The van der Waals surface area contributed by atoms with E-state index in [-0.39, 0.29) is 0 Å². The number of alkyl halides is 1. The van der Waals surface area contributed by atoms with E-state index in [2.05, 4.69) is 6.07 Å². The summed E-state index contributed by atoms with van der Waals surface area (Å²) in [5.74, 6) is 2.10. The van der Waals surface area contributed by atoms with Gasteiger partial charge < -0.3 is 9.47 Å². The molecule has 0 fully saturated rings. The summed E-state index contributed by atoms with van der Waals surface area (Å²) < 4.78 is 10.4. The van der Waals surface area contributed by atoms with Crippen LogP contribution in [0.3, 0.4) is 0 Å². The Morgan fingerprint density at radius 2 is 2.38 bits per heavy atom. The van der Waals surface area contributed by atoms with Gasteiger partial charge in [-0.05, 0) is 18.6 Å². The smallest absolute Gasteiger partial charge is 0.130 e. The number of hydrogen-bond donors (Lipinski definition) is 0. The van der Waals surface area contributed by atoms with Crippen LogP contribution in [0.1, 0.15) is 6.42 Å². The molecule has 0 unspecified atom stereocenters. The first-order valence-corrected chi connectivity index (χ1v) is 4.64. The standard InChI is InChI=1S/C10H12ClO2/c1-12-9-4-2-5-10(8-9)13-7-3-6-11/h2,5,8H,3,6-7H2,1H3. The van der Waals surface area contributed by atoms with E-state index < -0.39 is 0 Å². The predicted octanol–water partition coefficient (Wildman–Crippen LogP) is 2.50. The minimum Gasteiger partial charge on any atom is -0.496 e. The van der Waals surface area contributed by atoms with Gasteiger partial charge in [0.2, 0.25) is 0 Å². The third kappa shape index (κ3) is 3.55. The van der Waals surface area contributed by atoms with E-state index in [0.29, 0.717) is 18.2 Å². The van der Waals surface area contributed by atoms with Crippen molar-refractivity contribution >= 4 is 11.6 Å². The van der Waals surface area contributed by atoms with E-state index in [1.807, 2.05) is 6.07 Å². The molecule has 0 spiro atoms. The van der Waals surface area contributed by atoms with Crippen molar-refractivity contribution in [1.29, 1.82) is 0 Å². The summed E-state index contributed by atoms with van der Waals surface area (Å²) in [6.07, 6.45) is 0.850. The van der Waals surface area contributed by atoms with E-state index in [4.69, 9.17) is 21.1 Å². The second kappa shape index (κ2) is 5.70. The van der Waals surface area contributed by atoms with Gasteiger partial charge in [0.05, 0.1) is 13.7 Å². The lowest BCUT2D eigenvalue weighted by atomic mass is 10.3. The van der Waals surface area contributed by atoms with Crippen LogP contribution in [-0.4, -0.2) is 19.6 Å². The fourth-order valence-electron chi connectivity index (χ4n) is 0.877. The van der Waals surface area contributed by atoms with Crippen LogP contribution in [-0.2, 0) is 0 Å². The Bertz CT molecular complexity index is 250. The van der Waals surface area contributed by atoms with Crippen LogP contribution < -0.4 is 9.47 Å². The lowest BCUT2D eigenvalue weighted by Crippen LogP contribution is -1.97. The first-order chi connectivity index (χ1) is 6.36. The molecule has 0 aliphatic heterocycles. The van der Waals surface area contributed by atoms with Gasteiger partial charge in [-0.15, -0.1) is 11.6 Å². The zero-order valence-electron chi connectivity index (χ0n) is 7.55. The zero-order chi connectivity index (χ0) is 9.52. The molecule has 1 radical (unpaired) electrons. The Morgan fingerprint density at radius 3 is 3.08 bits per heavy atom. The fraction of sp³-hybridized carbons (Fsp3) is 0.400. The van der Waals surface area contributed by atoms with E-state index >= 15 is 0 Å². The third-order valence-electron chi connectivity index (χ3n) is 1.51. The molecule has 0 atom stereocenters. The van der Waals surface area contributed by atoms with Crippen LogP contribution >= 0.6 is 11.6 Å². The van der Waals surface area contributed by atoms with Gasteiger partial charge in [0.1, 0.15) is 11.5 Å². The molecule has 1 aromatic rings. The second-order valence-electron chi connectivity index (χ2n) is 2.48. The molecule has 0 aromatic heterocycles. The largest absolute Gasteiger partial charge is 0.496 e. The average Bonchev–Trinajstić information content (AvgIpc) is 2.19. The van der Waals surface area contributed by atoms with E-state index in [1.54, 1.807) is 19.2 Å². The van der Waals surface area contributed by atoms with Gasteiger partial charge in [-0.25, -0.2) is 0 Å². The van der Waals surface area contributed by atoms with Crippen LogP contribution in [0.15, 0.2) is 18.2 Å². The van der Waals surface area contributed by atoms with Crippen molar-refractivity contribution in [1.82, 2.24) is 0 Å². The van der Waals surface area contributed by atoms with Crippen molar-refractivity contribution in [3.8, 4) is 11.5 Å². The summed E-state index contributed by atoms with van der Waals surface area (Å²) in [5.41, 5.74) is 0. The summed E-state index contributed by atoms with van der Waals surface area (Å²) in [5, 5.41) is 0. The van der Waals surface area contributed by atoms with E-state index in [1.165, 1.54) is 0 Å². The first-order valence-electron chi connectivity index (χ1n) is 4.11. The zero-order valence-corrected chi connectivity index (χ0v) is 8.30. The Labute approximate surface area is 83.4 Å². The van der Waals surface area contributed by atoms with Crippen LogP contribution in [0.25, 0.3) is 0 Å². The van der Waals surface area contributed by atoms with Crippen molar-refractivity contribution < 1.29 is 9.47 Å². The Kier molecular flexibility index (Phi) is 4.47. The lowest BCUT2D eigenvalue weighted by Gasteiger charge is -2.05. The normalized spacial score (nSPS) is 9.69. The Morgan fingerprint density at radius 1 is 1.54 bits per heavy atom. The molecule has 0 aliphatic carbocycles. The molecule has 0 aliphatic rings. The highest BCUT2D eigenvalue weighted by molar-refractivity contribution is 6.17. The van der Waals surface area contributed by atoms with Gasteiger partial charge >= 0.3 is 0 Å². The molecular formula is C10H12ClO2. The van der Waals surface area contributed by atoms with Gasteiger partial charge in [0.25, 0.3) is 0 Å². The monoisotopic (exact) mass is 199 g/mol. The molecule has 13 heavy (non-hydrogen) atoms.